The van der Waals surface area contributed by atoms with Gasteiger partial charge in [-0.1, -0.05) is 20.3 Å². The van der Waals surface area contributed by atoms with Crippen LogP contribution in [-0.2, 0) is 0 Å². The molecule has 0 aromatic rings. The van der Waals surface area contributed by atoms with Crippen LogP contribution >= 0.6 is 0 Å². The first-order chi connectivity index (χ1) is 9.32. The van der Waals surface area contributed by atoms with E-state index in [9.17, 15) is 10.2 Å². The number of aliphatic hydroxyl groups excluding tert-OH is 2. The summed E-state index contributed by atoms with van der Waals surface area (Å²) in [4.78, 5) is 2.11. The first kappa shape index (κ1) is 19.4. The SMILES string of the molecule is CCC(C/C=C(\C)O)C(CC)(CO)CCN(C)C(C)N. The summed E-state index contributed by atoms with van der Waals surface area (Å²) < 4.78 is 0. The summed E-state index contributed by atoms with van der Waals surface area (Å²) in [5.41, 5.74) is 5.78. The van der Waals surface area contributed by atoms with Crippen molar-refractivity contribution in [2.45, 2.75) is 59.5 Å². The molecule has 0 heterocycles. The maximum absolute atomic E-state index is 9.96. The second kappa shape index (κ2) is 9.37. The van der Waals surface area contributed by atoms with E-state index in [2.05, 4.69) is 18.7 Å². The van der Waals surface area contributed by atoms with Crippen molar-refractivity contribution in [3.05, 3.63) is 11.8 Å². The van der Waals surface area contributed by atoms with Gasteiger partial charge in [0.05, 0.1) is 11.9 Å². The number of rotatable bonds is 10. The molecule has 4 N–H and O–H groups in total. The van der Waals surface area contributed by atoms with Gasteiger partial charge in [-0.15, -0.1) is 0 Å². The number of allylic oxidation sites excluding steroid dienone is 2. The summed E-state index contributed by atoms with van der Waals surface area (Å²) in [6.07, 6.45) is 5.57. The summed E-state index contributed by atoms with van der Waals surface area (Å²) in [5, 5.41) is 19.3. The van der Waals surface area contributed by atoms with Crippen LogP contribution in [0.3, 0.4) is 0 Å². The van der Waals surface area contributed by atoms with E-state index in [1.807, 2.05) is 20.0 Å². The van der Waals surface area contributed by atoms with Gasteiger partial charge in [0, 0.05) is 6.61 Å². The van der Waals surface area contributed by atoms with Gasteiger partial charge in [-0.25, -0.2) is 0 Å². The molecule has 0 aliphatic heterocycles. The van der Waals surface area contributed by atoms with Gasteiger partial charge >= 0.3 is 0 Å². The lowest BCUT2D eigenvalue weighted by Gasteiger charge is -2.40. The van der Waals surface area contributed by atoms with Crippen molar-refractivity contribution < 1.29 is 10.2 Å². The molecule has 0 aliphatic rings. The van der Waals surface area contributed by atoms with Crippen molar-refractivity contribution in [1.29, 1.82) is 0 Å². The molecule has 0 saturated carbocycles. The Bertz CT molecular complexity index is 282. The van der Waals surface area contributed by atoms with E-state index in [1.165, 1.54) is 0 Å². The highest BCUT2D eigenvalue weighted by Crippen LogP contribution is 2.39. The molecule has 0 rings (SSSR count). The number of hydrogen-bond acceptors (Lipinski definition) is 4. The Kier molecular flexibility index (Phi) is 9.10. The molecule has 0 spiro atoms. The first-order valence-corrected chi connectivity index (χ1v) is 7.75. The number of nitrogens with two attached hydrogens (primary N) is 1. The van der Waals surface area contributed by atoms with Crippen LogP contribution in [0.5, 0.6) is 0 Å². The van der Waals surface area contributed by atoms with E-state index in [0.717, 1.165) is 32.2 Å². The molecule has 0 aliphatic carbocycles. The smallest absolute Gasteiger partial charge is 0.0852 e. The highest BCUT2D eigenvalue weighted by molar-refractivity contribution is 4.94. The van der Waals surface area contributed by atoms with Gasteiger partial charge in [0.15, 0.2) is 0 Å². The molecule has 0 saturated heterocycles. The van der Waals surface area contributed by atoms with Gasteiger partial charge in [-0.2, -0.15) is 0 Å². The fourth-order valence-electron chi connectivity index (χ4n) is 2.75. The van der Waals surface area contributed by atoms with E-state index in [0.29, 0.717) is 11.7 Å². The van der Waals surface area contributed by atoms with E-state index < -0.39 is 0 Å². The molecule has 20 heavy (non-hydrogen) atoms. The van der Waals surface area contributed by atoms with Crippen LogP contribution in [0, 0.1) is 11.3 Å². The monoisotopic (exact) mass is 286 g/mol. The maximum Gasteiger partial charge on any atom is 0.0852 e. The standard InChI is InChI=1S/C16H34N2O2/c1-6-15(9-8-13(3)20)16(7-2,12-19)10-11-18(5)14(4)17/h8,14-15,19-20H,6-7,9-12,17H2,1-5H3/b13-8+. The highest BCUT2D eigenvalue weighted by Gasteiger charge is 2.35. The van der Waals surface area contributed by atoms with Crippen molar-refractivity contribution >= 4 is 0 Å². The Morgan fingerprint density at radius 1 is 1.40 bits per heavy atom. The lowest BCUT2D eigenvalue weighted by molar-refractivity contribution is 0.0338. The third kappa shape index (κ3) is 5.81. The average Bonchev–Trinajstić information content (AvgIpc) is 2.42. The van der Waals surface area contributed by atoms with Gasteiger partial charge in [0.25, 0.3) is 0 Å². The molecular weight excluding hydrogens is 252 g/mol. The van der Waals surface area contributed by atoms with Crippen LogP contribution in [0.25, 0.3) is 0 Å². The van der Waals surface area contributed by atoms with E-state index in [1.54, 1.807) is 6.92 Å². The fourth-order valence-corrected chi connectivity index (χ4v) is 2.75. The number of aliphatic hydroxyl groups is 2. The maximum atomic E-state index is 9.96. The molecule has 0 radical (unpaired) electrons. The average molecular weight is 286 g/mol. The molecule has 3 unspecified atom stereocenters. The van der Waals surface area contributed by atoms with Crippen molar-refractivity contribution in [3.8, 4) is 0 Å². The Hall–Kier alpha value is -0.580. The summed E-state index contributed by atoms with van der Waals surface area (Å²) in [5.74, 6) is 0.736. The Morgan fingerprint density at radius 2 is 2.00 bits per heavy atom. The zero-order valence-corrected chi connectivity index (χ0v) is 13.9. The van der Waals surface area contributed by atoms with Crippen molar-refractivity contribution in [1.82, 2.24) is 4.90 Å². The molecule has 0 bridgehead atoms. The predicted molar refractivity (Wildman–Crippen MR) is 85.5 cm³/mol. The largest absolute Gasteiger partial charge is 0.513 e. The summed E-state index contributed by atoms with van der Waals surface area (Å²) in [6, 6.07) is 0. The molecule has 120 valence electrons. The van der Waals surface area contributed by atoms with Crippen LogP contribution in [0.15, 0.2) is 11.8 Å². The summed E-state index contributed by atoms with van der Waals surface area (Å²) in [7, 11) is 2.02. The van der Waals surface area contributed by atoms with Gasteiger partial charge in [0.1, 0.15) is 0 Å². The summed E-state index contributed by atoms with van der Waals surface area (Å²) in [6.45, 7) is 9.03. The molecule has 0 aromatic heterocycles. The normalized spacial score (nSPS) is 18.9. The topological polar surface area (TPSA) is 69.7 Å². The minimum atomic E-state index is -0.0934. The molecule has 4 nitrogen and oxygen atoms in total. The lowest BCUT2D eigenvalue weighted by atomic mass is 9.68. The van der Waals surface area contributed by atoms with Gasteiger partial charge < -0.3 is 15.9 Å². The van der Waals surface area contributed by atoms with E-state index in [-0.39, 0.29) is 18.2 Å². The zero-order valence-electron chi connectivity index (χ0n) is 13.9. The quantitative estimate of drug-likeness (QED) is 0.426. The van der Waals surface area contributed by atoms with Crippen LogP contribution < -0.4 is 5.73 Å². The summed E-state index contributed by atoms with van der Waals surface area (Å²) >= 11 is 0. The Morgan fingerprint density at radius 3 is 2.35 bits per heavy atom. The van der Waals surface area contributed by atoms with Crippen molar-refractivity contribution in [2.24, 2.45) is 17.1 Å². The fraction of sp³-hybridized carbons (Fsp3) is 0.875. The van der Waals surface area contributed by atoms with Gasteiger partial charge in [-0.05, 0) is 64.1 Å². The molecule has 0 amide bonds. The van der Waals surface area contributed by atoms with Crippen LogP contribution in [0.1, 0.15) is 53.4 Å². The molecule has 4 heteroatoms. The first-order valence-electron chi connectivity index (χ1n) is 7.75. The zero-order chi connectivity index (χ0) is 15.8. The minimum absolute atomic E-state index is 0.0305. The molecule has 0 fully saturated rings. The lowest BCUT2D eigenvalue weighted by Crippen LogP contribution is -2.42. The second-order valence-electron chi connectivity index (χ2n) is 6.03. The molecular formula is C16H34N2O2. The van der Waals surface area contributed by atoms with Crippen LogP contribution in [0.4, 0.5) is 0 Å². The highest BCUT2D eigenvalue weighted by atomic mass is 16.3. The third-order valence-corrected chi connectivity index (χ3v) is 4.73. The van der Waals surface area contributed by atoms with Crippen molar-refractivity contribution in [2.75, 3.05) is 20.2 Å². The van der Waals surface area contributed by atoms with E-state index in [4.69, 9.17) is 5.73 Å². The minimum Gasteiger partial charge on any atom is -0.513 e. The Balaban J connectivity index is 4.90. The Labute approximate surface area is 124 Å². The molecule has 0 aromatic carbocycles. The second-order valence-corrected chi connectivity index (χ2v) is 6.03. The van der Waals surface area contributed by atoms with Crippen molar-refractivity contribution in [3.63, 3.8) is 0 Å². The number of hydrogen-bond donors (Lipinski definition) is 3. The predicted octanol–water partition coefficient (Wildman–Crippen LogP) is 2.88. The third-order valence-electron chi connectivity index (χ3n) is 4.73. The number of nitrogens with zero attached hydrogens (tertiary/aromatic N) is 1. The van der Waals surface area contributed by atoms with Gasteiger partial charge in [0.2, 0.25) is 0 Å². The molecule has 3 atom stereocenters. The van der Waals surface area contributed by atoms with Gasteiger partial charge in [-0.3, -0.25) is 4.90 Å². The van der Waals surface area contributed by atoms with Crippen LogP contribution in [-0.4, -0.2) is 41.5 Å². The van der Waals surface area contributed by atoms with E-state index >= 15 is 0 Å². The van der Waals surface area contributed by atoms with Crippen LogP contribution in [0.2, 0.25) is 0 Å².